The molecule has 1 heteroatoms. The third-order valence-corrected chi connectivity index (χ3v) is 4.30. The molecule has 0 heterocycles. The molecule has 2 saturated carbocycles. The minimum absolute atomic E-state index is 0.544. The van der Waals surface area contributed by atoms with Crippen LogP contribution >= 0.6 is 0 Å². The Labute approximate surface area is 88.7 Å². The molecule has 0 aliphatic heterocycles. The van der Waals surface area contributed by atoms with Crippen molar-refractivity contribution >= 4 is 0 Å². The topological polar surface area (TPSA) is 12.0 Å². The van der Waals surface area contributed by atoms with Gasteiger partial charge in [-0.1, -0.05) is 27.2 Å². The zero-order chi connectivity index (χ0) is 10.2. The highest BCUT2D eigenvalue weighted by atomic mass is 15.0. The van der Waals surface area contributed by atoms with Crippen LogP contribution in [0.4, 0.5) is 0 Å². The molecule has 14 heavy (non-hydrogen) atoms. The summed E-state index contributed by atoms with van der Waals surface area (Å²) >= 11 is 0. The Morgan fingerprint density at radius 3 is 2.43 bits per heavy atom. The lowest BCUT2D eigenvalue weighted by molar-refractivity contribution is 0.249. The van der Waals surface area contributed by atoms with Crippen LogP contribution in [-0.4, -0.2) is 12.1 Å². The highest BCUT2D eigenvalue weighted by Crippen LogP contribution is 2.40. The van der Waals surface area contributed by atoms with Crippen molar-refractivity contribution in [3.8, 4) is 0 Å². The van der Waals surface area contributed by atoms with Crippen molar-refractivity contribution in [1.29, 1.82) is 0 Å². The number of nitrogens with one attached hydrogen (secondary N) is 1. The summed E-state index contributed by atoms with van der Waals surface area (Å²) in [6, 6.07) is 1.60. The summed E-state index contributed by atoms with van der Waals surface area (Å²) in [4.78, 5) is 0. The Morgan fingerprint density at radius 1 is 1.29 bits per heavy atom. The lowest BCUT2D eigenvalue weighted by atomic mass is 9.86. The van der Waals surface area contributed by atoms with Crippen LogP contribution < -0.4 is 5.32 Å². The number of hydrogen-bond acceptors (Lipinski definition) is 1. The standard InChI is InChI=1S/C13H25N/c1-4-11(10-7-8-10)14-12-6-5-9-13(12,2)3/h10-12,14H,4-9H2,1-3H3. The van der Waals surface area contributed by atoms with Crippen LogP contribution in [0.1, 0.15) is 59.3 Å². The maximum atomic E-state index is 3.92. The van der Waals surface area contributed by atoms with E-state index in [-0.39, 0.29) is 0 Å². The van der Waals surface area contributed by atoms with E-state index in [9.17, 15) is 0 Å². The molecule has 0 aromatic carbocycles. The lowest BCUT2D eigenvalue weighted by Gasteiger charge is -2.32. The van der Waals surface area contributed by atoms with Crippen molar-refractivity contribution < 1.29 is 0 Å². The van der Waals surface area contributed by atoms with E-state index >= 15 is 0 Å². The Morgan fingerprint density at radius 2 is 2.00 bits per heavy atom. The van der Waals surface area contributed by atoms with Gasteiger partial charge in [-0.2, -0.15) is 0 Å². The molecule has 1 nitrogen and oxygen atoms in total. The minimum Gasteiger partial charge on any atom is -0.310 e. The van der Waals surface area contributed by atoms with Crippen molar-refractivity contribution in [2.24, 2.45) is 11.3 Å². The van der Waals surface area contributed by atoms with E-state index in [1.165, 1.54) is 38.5 Å². The smallest absolute Gasteiger partial charge is 0.0121 e. The van der Waals surface area contributed by atoms with Gasteiger partial charge in [0.15, 0.2) is 0 Å². The molecule has 0 aromatic rings. The van der Waals surface area contributed by atoms with E-state index in [0.29, 0.717) is 5.41 Å². The van der Waals surface area contributed by atoms with Gasteiger partial charge in [0, 0.05) is 12.1 Å². The second-order valence-corrected chi connectivity index (χ2v) is 5.95. The van der Waals surface area contributed by atoms with E-state index in [0.717, 1.165) is 18.0 Å². The Bertz CT molecular complexity index is 193. The van der Waals surface area contributed by atoms with Gasteiger partial charge in [-0.3, -0.25) is 0 Å². The van der Waals surface area contributed by atoms with Crippen molar-refractivity contribution in [2.75, 3.05) is 0 Å². The molecule has 0 amide bonds. The summed E-state index contributed by atoms with van der Waals surface area (Å²) in [5.74, 6) is 1.01. The fourth-order valence-corrected chi connectivity index (χ4v) is 2.98. The van der Waals surface area contributed by atoms with E-state index in [2.05, 4.69) is 26.1 Å². The molecule has 2 aliphatic rings. The third-order valence-electron chi connectivity index (χ3n) is 4.30. The summed E-state index contributed by atoms with van der Waals surface area (Å²) in [5.41, 5.74) is 0.544. The normalized spacial score (nSPS) is 33.2. The van der Waals surface area contributed by atoms with Crippen LogP contribution in [-0.2, 0) is 0 Å². The maximum Gasteiger partial charge on any atom is 0.0121 e. The van der Waals surface area contributed by atoms with Gasteiger partial charge in [0.25, 0.3) is 0 Å². The average molecular weight is 195 g/mol. The molecular weight excluding hydrogens is 170 g/mol. The van der Waals surface area contributed by atoms with Gasteiger partial charge < -0.3 is 5.32 Å². The first kappa shape index (κ1) is 10.5. The molecule has 2 fully saturated rings. The molecule has 82 valence electrons. The lowest BCUT2D eigenvalue weighted by Crippen LogP contribution is -2.44. The van der Waals surface area contributed by atoms with Gasteiger partial charge >= 0.3 is 0 Å². The largest absolute Gasteiger partial charge is 0.310 e. The second kappa shape index (κ2) is 3.84. The quantitative estimate of drug-likeness (QED) is 0.725. The predicted molar refractivity (Wildman–Crippen MR) is 61.4 cm³/mol. The first-order chi connectivity index (χ1) is 6.63. The molecular formula is C13H25N. The molecule has 2 unspecified atom stereocenters. The van der Waals surface area contributed by atoms with Crippen molar-refractivity contribution in [2.45, 2.75) is 71.4 Å². The summed E-state index contributed by atoms with van der Waals surface area (Å²) in [6.45, 7) is 7.19. The van der Waals surface area contributed by atoms with Crippen LogP contribution in [0.2, 0.25) is 0 Å². The van der Waals surface area contributed by atoms with Gasteiger partial charge in [0.2, 0.25) is 0 Å². The van der Waals surface area contributed by atoms with Gasteiger partial charge in [-0.05, 0) is 43.4 Å². The summed E-state index contributed by atoms with van der Waals surface area (Å²) < 4.78 is 0. The van der Waals surface area contributed by atoms with E-state index in [4.69, 9.17) is 0 Å². The molecule has 0 radical (unpaired) electrons. The predicted octanol–water partition coefficient (Wildman–Crippen LogP) is 3.34. The fraction of sp³-hybridized carbons (Fsp3) is 1.00. The van der Waals surface area contributed by atoms with Crippen molar-refractivity contribution in [1.82, 2.24) is 5.32 Å². The Hall–Kier alpha value is -0.0400. The second-order valence-electron chi connectivity index (χ2n) is 5.95. The van der Waals surface area contributed by atoms with Crippen molar-refractivity contribution in [3.05, 3.63) is 0 Å². The van der Waals surface area contributed by atoms with Crippen molar-refractivity contribution in [3.63, 3.8) is 0 Å². The minimum atomic E-state index is 0.544. The third kappa shape index (κ3) is 2.13. The molecule has 2 aliphatic carbocycles. The highest BCUT2D eigenvalue weighted by Gasteiger charge is 2.38. The van der Waals surface area contributed by atoms with Gasteiger partial charge in [-0.15, -0.1) is 0 Å². The number of rotatable bonds is 4. The maximum absolute atomic E-state index is 3.92. The van der Waals surface area contributed by atoms with E-state index in [1.54, 1.807) is 0 Å². The zero-order valence-corrected chi connectivity index (χ0v) is 9.97. The first-order valence-corrected chi connectivity index (χ1v) is 6.39. The van der Waals surface area contributed by atoms with Crippen LogP contribution in [0.3, 0.4) is 0 Å². The van der Waals surface area contributed by atoms with Crippen LogP contribution in [0.15, 0.2) is 0 Å². The monoisotopic (exact) mass is 195 g/mol. The van der Waals surface area contributed by atoms with Crippen LogP contribution in [0, 0.1) is 11.3 Å². The van der Waals surface area contributed by atoms with E-state index in [1.807, 2.05) is 0 Å². The van der Waals surface area contributed by atoms with Gasteiger partial charge in [-0.25, -0.2) is 0 Å². The SMILES string of the molecule is CCC(NC1CCCC1(C)C)C1CC1. The molecule has 2 atom stereocenters. The zero-order valence-electron chi connectivity index (χ0n) is 9.97. The van der Waals surface area contributed by atoms with Gasteiger partial charge in [0.05, 0.1) is 0 Å². The van der Waals surface area contributed by atoms with E-state index < -0.39 is 0 Å². The molecule has 0 aromatic heterocycles. The molecule has 2 rings (SSSR count). The average Bonchev–Trinajstić information content (AvgIpc) is 2.89. The molecule has 0 saturated heterocycles. The Kier molecular flexibility index (Phi) is 2.88. The molecule has 0 bridgehead atoms. The van der Waals surface area contributed by atoms with Gasteiger partial charge in [0.1, 0.15) is 0 Å². The summed E-state index contributed by atoms with van der Waals surface area (Å²) in [5, 5.41) is 3.92. The fourth-order valence-electron chi connectivity index (χ4n) is 2.98. The summed E-state index contributed by atoms with van der Waals surface area (Å²) in [7, 11) is 0. The summed E-state index contributed by atoms with van der Waals surface area (Å²) in [6.07, 6.45) is 8.49. The van der Waals surface area contributed by atoms with Crippen LogP contribution in [0.5, 0.6) is 0 Å². The molecule has 0 spiro atoms. The Balaban J connectivity index is 1.88. The molecule has 1 N–H and O–H groups in total. The van der Waals surface area contributed by atoms with Crippen LogP contribution in [0.25, 0.3) is 0 Å². The first-order valence-electron chi connectivity index (χ1n) is 6.39. The highest BCUT2D eigenvalue weighted by molar-refractivity contribution is 4.95. The number of hydrogen-bond donors (Lipinski definition) is 1.